The fraction of sp³-hybridized carbons (Fsp3) is 0.385. The summed E-state index contributed by atoms with van der Waals surface area (Å²) < 4.78 is 1.10. The van der Waals surface area contributed by atoms with Gasteiger partial charge in [-0.2, -0.15) is 0 Å². The Kier molecular flexibility index (Phi) is 4.55. The molecule has 1 amide bonds. The molecule has 2 rings (SSSR count). The number of unbranched alkanes of at least 4 members (excludes halogenated alkanes) is 1. The third-order valence-electron chi connectivity index (χ3n) is 2.57. The van der Waals surface area contributed by atoms with Crippen molar-refractivity contribution in [2.45, 2.75) is 26.2 Å². The van der Waals surface area contributed by atoms with E-state index in [9.17, 15) is 4.79 Å². The van der Waals surface area contributed by atoms with Gasteiger partial charge in [0, 0.05) is 18.0 Å². The number of benzene rings is 1. The van der Waals surface area contributed by atoms with Crippen LogP contribution in [0, 0.1) is 6.92 Å². The third kappa shape index (κ3) is 3.43. The topological polar surface area (TPSA) is 42.0 Å². The van der Waals surface area contributed by atoms with Crippen molar-refractivity contribution in [2.24, 2.45) is 0 Å². The second-order valence-electron chi connectivity index (χ2n) is 4.11. The molecule has 18 heavy (non-hydrogen) atoms. The number of fused-ring (bicyclic) bond motifs is 1. The van der Waals surface area contributed by atoms with Gasteiger partial charge >= 0.3 is 0 Å². The molecule has 0 bridgehead atoms. The molecule has 0 aliphatic carbocycles. The molecule has 96 valence electrons. The molecule has 0 unspecified atom stereocenters. The van der Waals surface area contributed by atoms with Crippen molar-refractivity contribution in [3.05, 3.63) is 23.2 Å². The van der Waals surface area contributed by atoms with Crippen LogP contribution < -0.4 is 5.32 Å². The quantitative estimate of drug-likeness (QED) is 0.666. The Morgan fingerprint density at radius 1 is 1.44 bits per heavy atom. The van der Waals surface area contributed by atoms with Crippen LogP contribution in [0.5, 0.6) is 0 Å². The van der Waals surface area contributed by atoms with Crippen molar-refractivity contribution >= 4 is 44.7 Å². The normalized spacial score (nSPS) is 10.8. The van der Waals surface area contributed by atoms with Gasteiger partial charge in [-0.25, -0.2) is 4.98 Å². The van der Waals surface area contributed by atoms with Crippen molar-refractivity contribution < 1.29 is 4.79 Å². The van der Waals surface area contributed by atoms with Crippen LogP contribution in [0.15, 0.2) is 18.2 Å². The maximum atomic E-state index is 11.7. The Hall–Kier alpha value is -1.13. The molecular formula is C13H15ClN2OS. The summed E-state index contributed by atoms with van der Waals surface area (Å²) in [6.07, 6.45) is 2.23. The first-order chi connectivity index (χ1) is 8.69. The first-order valence-corrected chi connectivity index (χ1v) is 7.27. The molecule has 0 saturated heterocycles. The molecule has 0 spiro atoms. The predicted molar refractivity (Wildman–Crippen MR) is 77.6 cm³/mol. The molecule has 0 aliphatic heterocycles. The second kappa shape index (κ2) is 6.16. The Bertz CT molecular complexity index is 553. The highest BCUT2D eigenvalue weighted by atomic mass is 35.5. The van der Waals surface area contributed by atoms with E-state index in [0.717, 1.165) is 33.8 Å². The lowest BCUT2D eigenvalue weighted by atomic mass is 10.2. The standard InChI is InChI=1S/C13H15ClN2OS/c1-9-15-11-6-5-10(8-12(11)18-9)16-13(17)4-2-3-7-14/h5-6,8H,2-4,7H2,1H3,(H,16,17). The van der Waals surface area contributed by atoms with Gasteiger partial charge < -0.3 is 5.32 Å². The van der Waals surface area contributed by atoms with E-state index in [1.807, 2.05) is 25.1 Å². The Morgan fingerprint density at radius 2 is 2.28 bits per heavy atom. The number of amides is 1. The van der Waals surface area contributed by atoms with Crippen molar-refractivity contribution in [2.75, 3.05) is 11.2 Å². The number of anilines is 1. The minimum Gasteiger partial charge on any atom is -0.326 e. The van der Waals surface area contributed by atoms with Gasteiger partial charge in [0.2, 0.25) is 5.91 Å². The lowest BCUT2D eigenvalue weighted by Crippen LogP contribution is -2.10. The highest BCUT2D eigenvalue weighted by Crippen LogP contribution is 2.24. The molecule has 1 N–H and O–H groups in total. The van der Waals surface area contributed by atoms with Crippen LogP contribution >= 0.6 is 22.9 Å². The number of aryl methyl sites for hydroxylation is 1. The number of hydrogen-bond donors (Lipinski definition) is 1. The molecule has 3 nitrogen and oxygen atoms in total. The zero-order valence-electron chi connectivity index (χ0n) is 10.2. The van der Waals surface area contributed by atoms with Crippen LogP contribution in [0.2, 0.25) is 0 Å². The van der Waals surface area contributed by atoms with Crippen LogP contribution in [0.25, 0.3) is 10.2 Å². The average molecular weight is 283 g/mol. The fourth-order valence-corrected chi connectivity index (χ4v) is 2.78. The van der Waals surface area contributed by atoms with Gasteiger partial charge in [-0.05, 0) is 38.0 Å². The number of nitrogens with one attached hydrogen (secondary N) is 1. The average Bonchev–Trinajstić information content (AvgIpc) is 2.69. The van der Waals surface area contributed by atoms with Crippen molar-refractivity contribution in [3.63, 3.8) is 0 Å². The number of nitrogens with zero attached hydrogens (tertiary/aromatic N) is 1. The molecule has 0 fully saturated rings. The van der Waals surface area contributed by atoms with E-state index in [2.05, 4.69) is 10.3 Å². The zero-order chi connectivity index (χ0) is 13.0. The van der Waals surface area contributed by atoms with Gasteiger partial charge in [0.05, 0.1) is 15.2 Å². The summed E-state index contributed by atoms with van der Waals surface area (Å²) in [4.78, 5) is 16.0. The van der Waals surface area contributed by atoms with E-state index in [0.29, 0.717) is 12.3 Å². The summed E-state index contributed by atoms with van der Waals surface area (Å²) in [6, 6.07) is 5.80. The minimum atomic E-state index is 0.0423. The maximum Gasteiger partial charge on any atom is 0.224 e. The van der Waals surface area contributed by atoms with Gasteiger partial charge in [-0.1, -0.05) is 0 Å². The number of carbonyl (C=O) groups excluding carboxylic acids is 1. The summed E-state index contributed by atoms with van der Waals surface area (Å²) in [5, 5.41) is 3.94. The van der Waals surface area contributed by atoms with Gasteiger partial charge in [0.1, 0.15) is 0 Å². The van der Waals surface area contributed by atoms with Gasteiger partial charge in [0.25, 0.3) is 0 Å². The summed E-state index contributed by atoms with van der Waals surface area (Å²) in [7, 11) is 0. The summed E-state index contributed by atoms with van der Waals surface area (Å²) >= 11 is 7.21. The number of rotatable bonds is 5. The van der Waals surface area contributed by atoms with Crippen LogP contribution in [-0.2, 0) is 4.79 Å². The first-order valence-electron chi connectivity index (χ1n) is 5.92. The monoisotopic (exact) mass is 282 g/mol. The van der Waals surface area contributed by atoms with E-state index < -0.39 is 0 Å². The smallest absolute Gasteiger partial charge is 0.224 e. The van der Waals surface area contributed by atoms with E-state index in [1.165, 1.54) is 0 Å². The van der Waals surface area contributed by atoms with E-state index >= 15 is 0 Å². The molecular weight excluding hydrogens is 268 g/mol. The highest BCUT2D eigenvalue weighted by molar-refractivity contribution is 7.18. The van der Waals surface area contributed by atoms with Gasteiger partial charge in [0.15, 0.2) is 0 Å². The molecule has 2 aromatic rings. The number of alkyl halides is 1. The Morgan fingerprint density at radius 3 is 3.06 bits per heavy atom. The molecule has 5 heteroatoms. The lowest BCUT2D eigenvalue weighted by molar-refractivity contribution is -0.116. The van der Waals surface area contributed by atoms with Gasteiger partial charge in [-0.15, -0.1) is 22.9 Å². The Balaban J connectivity index is 2.00. The van der Waals surface area contributed by atoms with Crippen molar-refractivity contribution in [1.29, 1.82) is 0 Å². The van der Waals surface area contributed by atoms with Crippen LogP contribution in [0.1, 0.15) is 24.3 Å². The maximum absolute atomic E-state index is 11.7. The third-order valence-corrected chi connectivity index (χ3v) is 3.77. The summed E-state index contributed by atoms with van der Waals surface area (Å²) in [5.74, 6) is 0.653. The zero-order valence-corrected chi connectivity index (χ0v) is 11.8. The number of halogens is 1. The first kappa shape index (κ1) is 13.3. The molecule has 1 heterocycles. The highest BCUT2D eigenvalue weighted by Gasteiger charge is 2.05. The van der Waals surface area contributed by atoms with Crippen LogP contribution in [0.3, 0.4) is 0 Å². The minimum absolute atomic E-state index is 0.0423. The van der Waals surface area contributed by atoms with Gasteiger partial charge in [-0.3, -0.25) is 4.79 Å². The molecule has 1 aromatic heterocycles. The molecule has 0 atom stereocenters. The number of hydrogen-bond acceptors (Lipinski definition) is 3. The van der Waals surface area contributed by atoms with E-state index in [4.69, 9.17) is 11.6 Å². The second-order valence-corrected chi connectivity index (χ2v) is 5.72. The molecule has 0 radical (unpaired) electrons. The van der Waals surface area contributed by atoms with E-state index in [-0.39, 0.29) is 5.91 Å². The Labute approximate surface area is 115 Å². The van der Waals surface area contributed by atoms with Crippen LogP contribution in [-0.4, -0.2) is 16.8 Å². The SMILES string of the molecule is Cc1nc2ccc(NC(=O)CCCCCl)cc2s1. The predicted octanol–water partition coefficient (Wildman–Crippen LogP) is 3.95. The number of carbonyl (C=O) groups is 1. The lowest BCUT2D eigenvalue weighted by Gasteiger charge is -2.04. The summed E-state index contributed by atoms with van der Waals surface area (Å²) in [5.41, 5.74) is 1.82. The largest absolute Gasteiger partial charge is 0.326 e. The number of thiazole rings is 1. The molecule has 1 aromatic carbocycles. The molecule has 0 saturated carbocycles. The van der Waals surface area contributed by atoms with Crippen molar-refractivity contribution in [1.82, 2.24) is 4.98 Å². The number of aromatic nitrogens is 1. The van der Waals surface area contributed by atoms with E-state index in [1.54, 1.807) is 11.3 Å². The van der Waals surface area contributed by atoms with Crippen LogP contribution in [0.4, 0.5) is 5.69 Å². The van der Waals surface area contributed by atoms with Crippen molar-refractivity contribution in [3.8, 4) is 0 Å². The molecule has 0 aliphatic rings. The summed E-state index contributed by atoms with van der Waals surface area (Å²) in [6.45, 7) is 1.98. The fourth-order valence-electron chi connectivity index (χ4n) is 1.72.